The zero-order valence-electron chi connectivity index (χ0n) is 12.2. The predicted octanol–water partition coefficient (Wildman–Crippen LogP) is 3.74. The third kappa shape index (κ3) is 2.81. The number of aromatic nitrogens is 2. The molecule has 4 heteroatoms. The fourth-order valence-electron chi connectivity index (χ4n) is 2.31. The summed E-state index contributed by atoms with van der Waals surface area (Å²) in [5.74, 6) is -0.244. The number of nitrogens with zero attached hydrogens (tertiary/aromatic N) is 2. The Kier molecular flexibility index (Phi) is 3.83. The van der Waals surface area contributed by atoms with Crippen LogP contribution in [0.5, 0.6) is 0 Å². The first-order chi connectivity index (χ1) is 10.7. The summed E-state index contributed by atoms with van der Waals surface area (Å²) in [6, 6.07) is 17.5. The Morgan fingerprint density at radius 2 is 1.41 bits per heavy atom. The van der Waals surface area contributed by atoms with E-state index in [0.717, 1.165) is 22.4 Å². The van der Waals surface area contributed by atoms with Gasteiger partial charge < -0.3 is 0 Å². The summed E-state index contributed by atoms with van der Waals surface area (Å²) in [5.41, 5.74) is 3.56. The monoisotopic (exact) mass is 294 g/mol. The minimum absolute atomic E-state index is 0.103. The van der Waals surface area contributed by atoms with Gasteiger partial charge in [-0.2, -0.15) is 5.10 Å². The van der Waals surface area contributed by atoms with E-state index in [-0.39, 0.29) is 11.4 Å². The molecule has 2 aromatic carbocycles. The van der Waals surface area contributed by atoms with Crippen molar-refractivity contribution in [3.05, 3.63) is 76.8 Å². The van der Waals surface area contributed by atoms with Gasteiger partial charge in [-0.25, -0.2) is 9.07 Å². The number of hydrogen-bond acceptors (Lipinski definition) is 2. The summed E-state index contributed by atoms with van der Waals surface area (Å²) in [4.78, 5) is 11.6. The molecule has 3 rings (SSSR count). The van der Waals surface area contributed by atoms with Crippen LogP contribution < -0.4 is 5.56 Å². The maximum atomic E-state index is 13.0. The number of halogens is 1. The van der Waals surface area contributed by atoms with Gasteiger partial charge in [0.1, 0.15) is 5.82 Å². The van der Waals surface area contributed by atoms with Gasteiger partial charge in [-0.1, -0.05) is 36.4 Å². The van der Waals surface area contributed by atoms with Crippen LogP contribution in [0.15, 0.2) is 65.5 Å². The van der Waals surface area contributed by atoms with Gasteiger partial charge in [-0.15, -0.1) is 0 Å². The van der Waals surface area contributed by atoms with Crippen LogP contribution in [0.3, 0.4) is 0 Å². The Morgan fingerprint density at radius 3 is 2.00 bits per heavy atom. The van der Waals surface area contributed by atoms with Crippen LogP contribution in [0.25, 0.3) is 22.4 Å². The van der Waals surface area contributed by atoms with Crippen LogP contribution >= 0.6 is 0 Å². The van der Waals surface area contributed by atoms with Gasteiger partial charge in [-0.3, -0.25) is 4.79 Å². The lowest BCUT2D eigenvalue weighted by Crippen LogP contribution is -2.20. The molecule has 0 aliphatic carbocycles. The number of aryl methyl sites for hydroxylation is 1. The molecule has 0 amide bonds. The van der Waals surface area contributed by atoms with Crippen molar-refractivity contribution in [2.45, 2.75) is 13.5 Å². The molecule has 0 saturated carbocycles. The molecule has 0 radical (unpaired) electrons. The van der Waals surface area contributed by atoms with Gasteiger partial charge in [0.05, 0.1) is 5.69 Å². The first-order valence-corrected chi connectivity index (χ1v) is 7.12. The first kappa shape index (κ1) is 14.2. The van der Waals surface area contributed by atoms with Crippen molar-refractivity contribution in [2.24, 2.45) is 0 Å². The summed E-state index contributed by atoms with van der Waals surface area (Å²) in [6.07, 6.45) is 0. The largest absolute Gasteiger partial charge is 0.268 e. The van der Waals surface area contributed by atoms with Gasteiger partial charge in [0.15, 0.2) is 0 Å². The molecule has 0 unspecified atom stereocenters. The molecular formula is C18H15FN2O. The lowest BCUT2D eigenvalue weighted by atomic mass is 10.0. The van der Waals surface area contributed by atoms with Crippen molar-refractivity contribution in [3.8, 4) is 22.4 Å². The molecule has 0 saturated heterocycles. The normalized spacial score (nSPS) is 10.6. The summed E-state index contributed by atoms with van der Waals surface area (Å²) < 4.78 is 14.4. The van der Waals surface area contributed by atoms with Crippen molar-refractivity contribution in [2.75, 3.05) is 0 Å². The van der Waals surface area contributed by atoms with Gasteiger partial charge in [0, 0.05) is 18.2 Å². The maximum Gasteiger partial charge on any atom is 0.266 e. The van der Waals surface area contributed by atoms with Crippen molar-refractivity contribution < 1.29 is 4.39 Å². The van der Waals surface area contributed by atoms with Crippen LogP contribution in [-0.2, 0) is 6.54 Å². The highest BCUT2D eigenvalue weighted by Gasteiger charge is 2.04. The molecule has 1 aromatic heterocycles. The molecule has 3 aromatic rings. The Balaban J connectivity index is 1.94. The van der Waals surface area contributed by atoms with Crippen molar-refractivity contribution in [3.63, 3.8) is 0 Å². The zero-order valence-corrected chi connectivity index (χ0v) is 12.2. The van der Waals surface area contributed by atoms with Crippen LogP contribution in [0, 0.1) is 5.82 Å². The molecular weight excluding hydrogens is 279 g/mol. The molecule has 110 valence electrons. The molecule has 0 aliphatic heterocycles. The second kappa shape index (κ2) is 5.93. The van der Waals surface area contributed by atoms with Crippen LogP contribution in [0.4, 0.5) is 4.39 Å². The Labute approximate surface area is 127 Å². The van der Waals surface area contributed by atoms with Crippen molar-refractivity contribution in [1.29, 1.82) is 0 Å². The van der Waals surface area contributed by atoms with Gasteiger partial charge in [0.25, 0.3) is 5.56 Å². The first-order valence-electron chi connectivity index (χ1n) is 7.12. The van der Waals surface area contributed by atoms with E-state index in [1.807, 2.05) is 31.2 Å². The molecule has 22 heavy (non-hydrogen) atoms. The Morgan fingerprint density at radius 1 is 0.864 bits per heavy atom. The van der Waals surface area contributed by atoms with Gasteiger partial charge in [-0.05, 0) is 36.2 Å². The predicted molar refractivity (Wildman–Crippen MR) is 85.0 cm³/mol. The molecule has 3 nitrogen and oxygen atoms in total. The average Bonchev–Trinajstić information content (AvgIpc) is 2.56. The fourth-order valence-corrected chi connectivity index (χ4v) is 2.31. The Hall–Kier alpha value is -2.75. The summed E-state index contributed by atoms with van der Waals surface area (Å²) in [7, 11) is 0. The third-order valence-electron chi connectivity index (χ3n) is 3.52. The number of rotatable bonds is 3. The molecule has 0 fully saturated rings. The van der Waals surface area contributed by atoms with E-state index in [0.29, 0.717) is 6.54 Å². The van der Waals surface area contributed by atoms with Crippen molar-refractivity contribution in [1.82, 2.24) is 9.78 Å². The average molecular weight is 294 g/mol. The minimum atomic E-state index is -0.244. The van der Waals surface area contributed by atoms with Crippen LogP contribution in [0.2, 0.25) is 0 Å². The summed E-state index contributed by atoms with van der Waals surface area (Å²) in [5, 5.41) is 4.33. The fraction of sp³-hybridized carbons (Fsp3) is 0.111. The summed E-state index contributed by atoms with van der Waals surface area (Å²) in [6.45, 7) is 2.43. The van der Waals surface area contributed by atoms with Gasteiger partial charge >= 0.3 is 0 Å². The van der Waals surface area contributed by atoms with E-state index in [2.05, 4.69) is 5.10 Å². The van der Waals surface area contributed by atoms with Crippen LogP contribution in [0.1, 0.15) is 6.92 Å². The molecule has 0 aliphatic rings. The lowest BCUT2D eigenvalue weighted by Gasteiger charge is -2.06. The van der Waals surface area contributed by atoms with E-state index >= 15 is 0 Å². The quantitative estimate of drug-likeness (QED) is 0.737. The molecule has 0 spiro atoms. The van der Waals surface area contributed by atoms with Crippen molar-refractivity contribution >= 4 is 0 Å². The summed E-state index contributed by atoms with van der Waals surface area (Å²) >= 11 is 0. The van der Waals surface area contributed by atoms with E-state index in [9.17, 15) is 9.18 Å². The van der Waals surface area contributed by atoms with Crippen LogP contribution in [-0.4, -0.2) is 9.78 Å². The maximum absolute atomic E-state index is 13.0. The topological polar surface area (TPSA) is 34.9 Å². The van der Waals surface area contributed by atoms with E-state index in [1.54, 1.807) is 18.2 Å². The highest BCUT2D eigenvalue weighted by atomic mass is 19.1. The second-order valence-corrected chi connectivity index (χ2v) is 4.96. The number of hydrogen-bond donors (Lipinski definition) is 0. The van der Waals surface area contributed by atoms with E-state index in [1.165, 1.54) is 22.9 Å². The molecule has 0 bridgehead atoms. The molecule has 1 heterocycles. The molecule has 0 N–H and O–H groups in total. The highest BCUT2D eigenvalue weighted by molar-refractivity contribution is 5.68. The number of benzene rings is 2. The second-order valence-electron chi connectivity index (χ2n) is 4.96. The highest BCUT2D eigenvalue weighted by Crippen LogP contribution is 2.23. The smallest absolute Gasteiger partial charge is 0.266 e. The SMILES string of the molecule is CCn1nc(-c2ccc(-c3ccc(F)cc3)cc2)ccc1=O. The zero-order chi connectivity index (χ0) is 15.5. The lowest BCUT2D eigenvalue weighted by molar-refractivity contribution is 0.619. The Bertz CT molecular complexity index is 836. The standard InChI is InChI=1S/C18H15FN2O/c1-2-21-18(22)12-11-17(20-21)15-5-3-13(4-6-15)14-7-9-16(19)10-8-14/h3-12H,2H2,1H3. The third-order valence-corrected chi connectivity index (χ3v) is 3.52. The van der Waals surface area contributed by atoms with E-state index in [4.69, 9.17) is 0 Å². The molecule has 0 atom stereocenters. The minimum Gasteiger partial charge on any atom is -0.268 e. The van der Waals surface area contributed by atoms with E-state index < -0.39 is 0 Å². The van der Waals surface area contributed by atoms with Gasteiger partial charge in [0.2, 0.25) is 0 Å².